The number of piperazine rings is 1. The largest absolute Gasteiger partial charge is 0.497 e. The second-order valence-electron chi connectivity index (χ2n) is 12.0. The molecule has 3 heterocycles. The molecule has 0 spiro atoms. The fourth-order valence-corrected chi connectivity index (χ4v) is 6.42. The molecule has 1 N–H and O–H groups in total. The molecule has 1 fully saturated rings. The van der Waals surface area contributed by atoms with Crippen LogP contribution >= 0.6 is 0 Å². The van der Waals surface area contributed by atoms with Gasteiger partial charge in [0.25, 0.3) is 0 Å². The number of H-pyrrole nitrogens is 1. The minimum Gasteiger partial charge on any atom is -0.497 e. The molecule has 0 saturated carbocycles. The van der Waals surface area contributed by atoms with Gasteiger partial charge in [0.15, 0.2) is 0 Å². The molecule has 1 saturated heterocycles. The molecule has 1 atom stereocenters. The summed E-state index contributed by atoms with van der Waals surface area (Å²) in [5.74, 6) is 2.05. The van der Waals surface area contributed by atoms with Crippen LogP contribution < -0.4 is 14.2 Å². The fourth-order valence-electron chi connectivity index (χ4n) is 6.42. The van der Waals surface area contributed by atoms with Crippen molar-refractivity contribution in [2.75, 3.05) is 60.0 Å². The highest BCUT2D eigenvalue weighted by Crippen LogP contribution is 2.39. The van der Waals surface area contributed by atoms with Crippen LogP contribution in [-0.4, -0.2) is 85.8 Å². The number of aromatic amines is 1. The first-order valence-corrected chi connectivity index (χ1v) is 15.9. The molecule has 8 heteroatoms. The maximum atomic E-state index is 13.7. The predicted molar refractivity (Wildman–Crippen MR) is 174 cm³/mol. The first-order valence-electron chi connectivity index (χ1n) is 15.9. The van der Waals surface area contributed by atoms with Crippen LogP contribution in [0.1, 0.15) is 48.2 Å². The molecule has 6 rings (SSSR count). The molecule has 1 aromatic heterocycles. The molecule has 8 nitrogen and oxygen atoms in total. The van der Waals surface area contributed by atoms with Gasteiger partial charge in [0, 0.05) is 55.9 Å². The van der Waals surface area contributed by atoms with Gasteiger partial charge in [-0.3, -0.25) is 4.90 Å². The molecule has 4 aromatic rings. The molecule has 2 aliphatic heterocycles. The molecule has 3 aromatic carbocycles. The third-order valence-corrected chi connectivity index (χ3v) is 8.91. The summed E-state index contributed by atoms with van der Waals surface area (Å²) >= 11 is 0. The molecule has 232 valence electrons. The van der Waals surface area contributed by atoms with Crippen molar-refractivity contribution in [3.63, 3.8) is 0 Å². The summed E-state index contributed by atoms with van der Waals surface area (Å²) in [7, 11) is 3.80. The van der Waals surface area contributed by atoms with Crippen LogP contribution in [0.5, 0.6) is 17.2 Å². The van der Waals surface area contributed by atoms with Crippen molar-refractivity contribution in [1.82, 2.24) is 19.7 Å². The Labute approximate surface area is 260 Å². The van der Waals surface area contributed by atoms with E-state index in [4.69, 9.17) is 14.2 Å². The van der Waals surface area contributed by atoms with Crippen LogP contribution in [0, 0.1) is 0 Å². The number of nitrogens with one attached hydrogen (secondary N) is 1. The summed E-state index contributed by atoms with van der Waals surface area (Å²) in [6, 6.07) is 21.7. The predicted octanol–water partition coefficient (Wildman–Crippen LogP) is 6.29. The van der Waals surface area contributed by atoms with Crippen molar-refractivity contribution in [2.24, 2.45) is 0 Å². The first-order chi connectivity index (χ1) is 21.5. The number of nitrogens with zero attached hydrogens (tertiary/aromatic N) is 3. The van der Waals surface area contributed by atoms with Gasteiger partial charge in [-0.15, -0.1) is 0 Å². The molecular weight excluding hydrogens is 552 g/mol. The van der Waals surface area contributed by atoms with Gasteiger partial charge in [0.2, 0.25) is 0 Å². The number of likely N-dealkylation sites (N-methyl/N-ethyl adjacent to an activating group) is 1. The standard InChI is InChI=1S/C36H44N4O4/c1-4-6-26-7-16-33-32(25-26)31-17-19-40(36(41)44-30-14-12-28(42-3)13-15-30)35(34(31)37-33)27-8-10-29(11-9-27)43-24-5-18-39-22-20-38(2)21-23-39/h7-16,25,35,37H,4-6,17-24H2,1-3H3. The minimum absolute atomic E-state index is 0.308. The Morgan fingerprint density at radius 2 is 1.64 bits per heavy atom. The van der Waals surface area contributed by atoms with Crippen molar-refractivity contribution < 1.29 is 19.0 Å². The number of carbonyl (C=O) groups excluding carboxylic acids is 1. The van der Waals surface area contributed by atoms with Crippen LogP contribution in [0.15, 0.2) is 66.7 Å². The number of aryl methyl sites for hydroxylation is 1. The van der Waals surface area contributed by atoms with E-state index in [0.717, 1.165) is 80.9 Å². The van der Waals surface area contributed by atoms with Gasteiger partial charge >= 0.3 is 6.09 Å². The third kappa shape index (κ3) is 6.71. The van der Waals surface area contributed by atoms with E-state index in [0.29, 0.717) is 24.7 Å². The summed E-state index contributed by atoms with van der Waals surface area (Å²) < 4.78 is 17.3. The van der Waals surface area contributed by atoms with Crippen molar-refractivity contribution in [1.29, 1.82) is 0 Å². The summed E-state index contributed by atoms with van der Waals surface area (Å²) in [5.41, 5.74) is 5.79. The number of fused-ring (bicyclic) bond motifs is 3. The van der Waals surface area contributed by atoms with E-state index in [1.165, 1.54) is 16.5 Å². The van der Waals surface area contributed by atoms with Gasteiger partial charge < -0.3 is 29.0 Å². The van der Waals surface area contributed by atoms with Gasteiger partial charge in [-0.05, 0) is 91.5 Å². The number of benzene rings is 3. The highest BCUT2D eigenvalue weighted by Gasteiger charge is 2.36. The Hall–Kier alpha value is -4.01. The number of hydrogen-bond acceptors (Lipinski definition) is 6. The number of amides is 1. The molecular formula is C36H44N4O4. The molecule has 0 aliphatic carbocycles. The van der Waals surface area contributed by atoms with E-state index < -0.39 is 0 Å². The highest BCUT2D eigenvalue weighted by atomic mass is 16.6. The van der Waals surface area contributed by atoms with E-state index in [9.17, 15) is 4.79 Å². The molecule has 44 heavy (non-hydrogen) atoms. The number of carbonyl (C=O) groups is 1. The zero-order valence-electron chi connectivity index (χ0n) is 26.2. The summed E-state index contributed by atoms with van der Waals surface area (Å²) in [6.07, 6.45) is 3.54. The van der Waals surface area contributed by atoms with Crippen LogP contribution in [0.4, 0.5) is 4.79 Å². The van der Waals surface area contributed by atoms with Gasteiger partial charge in [0.05, 0.1) is 13.7 Å². The molecule has 0 radical (unpaired) electrons. The van der Waals surface area contributed by atoms with E-state index in [1.54, 1.807) is 31.4 Å². The van der Waals surface area contributed by atoms with Gasteiger partial charge in [-0.2, -0.15) is 0 Å². The van der Waals surface area contributed by atoms with Gasteiger partial charge in [-0.25, -0.2) is 4.79 Å². The molecule has 0 bridgehead atoms. The van der Waals surface area contributed by atoms with E-state index in [2.05, 4.69) is 59.1 Å². The summed E-state index contributed by atoms with van der Waals surface area (Å²) in [4.78, 5) is 24.1. The number of hydrogen-bond donors (Lipinski definition) is 1. The Bertz CT molecular complexity index is 1540. The Morgan fingerprint density at radius 1 is 0.909 bits per heavy atom. The van der Waals surface area contributed by atoms with Crippen molar-refractivity contribution in [2.45, 2.75) is 38.6 Å². The highest BCUT2D eigenvalue weighted by molar-refractivity contribution is 5.87. The maximum absolute atomic E-state index is 13.7. The smallest absolute Gasteiger partial charge is 0.416 e. The Morgan fingerprint density at radius 3 is 2.36 bits per heavy atom. The lowest BCUT2D eigenvalue weighted by atomic mass is 9.92. The number of rotatable bonds is 10. The Kier molecular flexibility index (Phi) is 9.38. The lowest BCUT2D eigenvalue weighted by molar-refractivity contribution is 0.135. The van der Waals surface area contributed by atoms with Crippen molar-refractivity contribution in [3.05, 3.63) is 89.1 Å². The number of methoxy groups -OCH3 is 1. The minimum atomic E-state index is -0.375. The van der Waals surface area contributed by atoms with Crippen LogP contribution in [0.25, 0.3) is 10.9 Å². The van der Waals surface area contributed by atoms with Crippen LogP contribution in [0.2, 0.25) is 0 Å². The van der Waals surface area contributed by atoms with Gasteiger partial charge in [0.1, 0.15) is 23.3 Å². The van der Waals surface area contributed by atoms with E-state index >= 15 is 0 Å². The van der Waals surface area contributed by atoms with E-state index in [1.807, 2.05) is 17.0 Å². The summed E-state index contributed by atoms with van der Waals surface area (Å²) in [6.45, 7) is 9.02. The zero-order chi connectivity index (χ0) is 30.5. The van der Waals surface area contributed by atoms with Gasteiger partial charge in [-0.1, -0.05) is 31.5 Å². The van der Waals surface area contributed by atoms with Crippen LogP contribution in [0.3, 0.4) is 0 Å². The molecule has 2 aliphatic rings. The van der Waals surface area contributed by atoms with Crippen molar-refractivity contribution >= 4 is 17.0 Å². The zero-order valence-corrected chi connectivity index (χ0v) is 26.2. The first kappa shape index (κ1) is 30.0. The monoisotopic (exact) mass is 596 g/mol. The molecule has 1 unspecified atom stereocenters. The van der Waals surface area contributed by atoms with Crippen molar-refractivity contribution in [3.8, 4) is 17.2 Å². The second-order valence-corrected chi connectivity index (χ2v) is 12.0. The normalized spacial score (nSPS) is 17.4. The number of aromatic nitrogens is 1. The maximum Gasteiger partial charge on any atom is 0.416 e. The average Bonchev–Trinajstić information content (AvgIpc) is 3.42. The summed E-state index contributed by atoms with van der Waals surface area (Å²) in [5, 5.41) is 1.25. The average molecular weight is 597 g/mol. The second kappa shape index (κ2) is 13.7. The lowest BCUT2D eigenvalue weighted by Gasteiger charge is -2.35. The van der Waals surface area contributed by atoms with E-state index in [-0.39, 0.29) is 12.1 Å². The third-order valence-electron chi connectivity index (χ3n) is 8.91. The number of ether oxygens (including phenoxy) is 3. The SMILES string of the molecule is CCCc1ccc2[nH]c3c(c2c1)CCN(C(=O)Oc1ccc(OC)cc1)C3c1ccc(OCCCN2CCN(C)CC2)cc1. The van der Waals surface area contributed by atoms with Crippen LogP contribution in [-0.2, 0) is 12.8 Å². The topological polar surface area (TPSA) is 70.3 Å². The fraction of sp³-hybridized carbons (Fsp3) is 0.417. The Balaban J connectivity index is 1.21. The lowest BCUT2D eigenvalue weighted by Crippen LogP contribution is -2.44. The quantitative estimate of drug-likeness (QED) is 0.217. The molecule has 1 amide bonds.